The van der Waals surface area contributed by atoms with Gasteiger partial charge in [0, 0.05) is 0 Å². The Kier molecular flexibility index (Phi) is 2.83. The first-order chi connectivity index (χ1) is 9.20. The number of ketones is 1. The van der Waals surface area contributed by atoms with Crippen molar-refractivity contribution in [2.45, 2.75) is 18.8 Å². The average Bonchev–Trinajstić information content (AvgIpc) is 2.78. The summed E-state index contributed by atoms with van der Waals surface area (Å²) in [7, 11) is 0. The van der Waals surface area contributed by atoms with E-state index < -0.39 is 5.41 Å². The Balaban J connectivity index is 1.96. The molecular formula is C18H16O. The molecule has 2 aromatic rings. The Bertz CT molecular complexity index is 625. The van der Waals surface area contributed by atoms with E-state index in [1.54, 1.807) is 0 Å². The van der Waals surface area contributed by atoms with E-state index >= 15 is 0 Å². The van der Waals surface area contributed by atoms with Crippen LogP contribution in [0.4, 0.5) is 0 Å². The number of carbonyl (C=O) groups is 1. The number of allylic oxidation sites excluding steroid dienone is 2. The lowest BCUT2D eigenvalue weighted by atomic mass is 9.78. The van der Waals surface area contributed by atoms with Crippen molar-refractivity contribution in [3.05, 3.63) is 77.9 Å². The van der Waals surface area contributed by atoms with Crippen molar-refractivity contribution < 1.29 is 4.79 Å². The predicted octanol–water partition coefficient (Wildman–Crippen LogP) is 4.00. The number of rotatable bonds is 2. The van der Waals surface area contributed by atoms with Crippen LogP contribution in [-0.4, -0.2) is 5.78 Å². The smallest absolute Gasteiger partial charge is 0.166 e. The Morgan fingerprint density at radius 2 is 1.47 bits per heavy atom. The van der Waals surface area contributed by atoms with Crippen LogP contribution in [0.15, 0.2) is 66.7 Å². The van der Waals surface area contributed by atoms with Crippen LogP contribution in [0.1, 0.15) is 24.5 Å². The molecule has 3 rings (SSSR count). The number of hydrogen-bond acceptors (Lipinski definition) is 1. The summed E-state index contributed by atoms with van der Waals surface area (Å²) in [6, 6.07) is 20.2. The molecule has 94 valence electrons. The van der Waals surface area contributed by atoms with Gasteiger partial charge in [0.2, 0.25) is 0 Å². The molecule has 1 aliphatic carbocycles. The molecule has 19 heavy (non-hydrogen) atoms. The van der Waals surface area contributed by atoms with Crippen LogP contribution >= 0.6 is 0 Å². The fourth-order valence-corrected chi connectivity index (χ4v) is 2.72. The van der Waals surface area contributed by atoms with E-state index in [1.807, 2.05) is 61.5 Å². The summed E-state index contributed by atoms with van der Waals surface area (Å²) in [5.41, 5.74) is 2.97. The first-order valence-electron chi connectivity index (χ1n) is 6.56. The van der Waals surface area contributed by atoms with Crippen LogP contribution in [0.2, 0.25) is 0 Å². The predicted molar refractivity (Wildman–Crippen MR) is 77.8 cm³/mol. The Morgan fingerprint density at radius 1 is 0.895 bits per heavy atom. The molecule has 0 heterocycles. The minimum absolute atomic E-state index is 0.206. The zero-order valence-electron chi connectivity index (χ0n) is 11.0. The zero-order chi connectivity index (χ0) is 13.3. The Morgan fingerprint density at radius 3 is 2.11 bits per heavy atom. The Hall–Kier alpha value is -2.15. The highest BCUT2D eigenvalue weighted by atomic mass is 16.1. The van der Waals surface area contributed by atoms with Gasteiger partial charge in [0.05, 0.1) is 5.41 Å². The van der Waals surface area contributed by atoms with Crippen molar-refractivity contribution >= 4 is 11.4 Å². The first-order valence-corrected chi connectivity index (χ1v) is 6.56. The summed E-state index contributed by atoms with van der Waals surface area (Å²) < 4.78 is 0. The largest absolute Gasteiger partial charge is 0.294 e. The highest BCUT2D eigenvalue weighted by molar-refractivity contribution is 6.09. The van der Waals surface area contributed by atoms with Crippen LogP contribution in [0.5, 0.6) is 0 Å². The second-order valence-corrected chi connectivity index (χ2v) is 5.27. The van der Waals surface area contributed by atoms with Gasteiger partial charge in [-0.2, -0.15) is 0 Å². The van der Waals surface area contributed by atoms with Crippen LogP contribution < -0.4 is 0 Å². The standard InChI is InChI=1S/C18H16O/c1-18(16-10-6-3-7-11-16)13-15(12-17(18)19)14-8-4-2-5-9-14/h2-12H,13H2,1H3/t18-/m0/s1. The third-order valence-corrected chi connectivity index (χ3v) is 3.95. The molecule has 0 amide bonds. The van der Waals surface area contributed by atoms with E-state index in [1.165, 1.54) is 0 Å². The first kappa shape index (κ1) is 11.9. The van der Waals surface area contributed by atoms with Crippen molar-refractivity contribution in [3.8, 4) is 0 Å². The van der Waals surface area contributed by atoms with E-state index in [9.17, 15) is 4.79 Å². The highest BCUT2D eigenvalue weighted by Gasteiger charge is 2.39. The second-order valence-electron chi connectivity index (χ2n) is 5.27. The third-order valence-electron chi connectivity index (χ3n) is 3.95. The molecule has 0 radical (unpaired) electrons. The third kappa shape index (κ3) is 2.01. The molecule has 1 nitrogen and oxygen atoms in total. The quantitative estimate of drug-likeness (QED) is 0.785. The lowest BCUT2D eigenvalue weighted by molar-refractivity contribution is -0.118. The molecule has 0 saturated carbocycles. The van der Waals surface area contributed by atoms with Gasteiger partial charge in [-0.05, 0) is 36.1 Å². The topological polar surface area (TPSA) is 17.1 Å². The normalized spacial score (nSPS) is 22.4. The molecule has 0 bridgehead atoms. The fourth-order valence-electron chi connectivity index (χ4n) is 2.72. The van der Waals surface area contributed by atoms with E-state index in [0.717, 1.165) is 23.1 Å². The maximum absolute atomic E-state index is 12.4. The van der Waals surface area contributed by atoms with Gasteiger partial charge in [-0.1, -0.05) is 60.7 Å². The summed E-state index contributed by atoms with van der Waals surface area (Å²) in [6.07, 6.45) is 2.59. The van der Waals surface area contributed by atoms with Gasteiger partial charge in [-0.15, -0.1) is 0 Å². The maximum atomic E-state index is 12.4. The SMILES string of the molecule is C[C@@]1(c2ccccc2)CC(c2ccccc2)=CC1=O. The van der Waals surface area contributed by atoms with Gasteiger partial charge >= 0.3 is 0 Å². The van der Waals surface area contributed by atoms with Crippen molar-refractivity contribution in [1.29, 1.82) is 0 Å². The fraction of sp³-hybridized carbons (Fsp3) is 0.167. The summed E-state index contributed by atoms with van der Waals surface area (Å²) in [5, 5.41) is 0. The van der Waals surface area contributed by atoms with Crippen molar-refractivity contribution in [1.82, 2.24) is 0 Å². The molecule has 1 aliphatic rings. The number of carbonyl (C=O) groups excluding carboxylic acids is 1. The Labute approximate surface area is 113 Å². The van der Waals surface area contributed by atoms with Gasteiger partial charge in [-0.3, -0.25) is 4.79 Å². The highest BCUT2D eigenvalue weighted by Crippen LogP contribution is 2.41. The van der Waals surface area contributed by atoms with Gasteiger partial charge in [0.15, 0.2) is 5.78 Å². The zero-order valence-corrected chi connectivity index (χ0v) is 11.0. The summed E-state index contributed by atoms with van der Waals surface area (Å²) >= 11 is 0. The van der Waals surface area contributed by atoms with E-state index in [2.05, 4.69) is 12.1 Å². The van der Waals surface area contributed by atoms with Crippen molar-refractivity contribution in [3.63, 3.8) is 0 Å². The molecule has 0 aliphatic heterocycles. The molecule has 0 N–H and O–H groups in total. The maximum Gasteiger partial charge on any atom is 0.166 e. The van der Waals surface area contributed by atoms with Gasteiger partial charge in [-0.25, -0.2) is 0 Å². The number of benzene rings is 2. The van der Waals surface area contributed by atoms with E-state index in [-0.39, 0.29) is 5.78 Å². The molecule has 1 atom stereocenters. The molecule has 2 aromatic carbocycles. The average molecular weight is 248 g/mol. The van der Waals surface area contributed by atoms with Crippen LogP contribution in [0.25, 0.3) is 5.57 Å². The minimum atomic E-state index is -0.410. The van der Waals surface area contributed by atoms with Crippen LogP contribution in [0, 0.1) is 0 Å². The summed E-state index contributed by atoms with van der Waals surface area (Å²) in [6.45, 7) is 2.04. The van der Waals surface area contributed by atoms with Crippen molar-refractivity contribution in [2.75, 3.05) is 0 Å². The molecule has 0 spiro atoms. The van der Waals surface area contributed by atoms with E-state index in [4.69, 9.17) is 0 Å². The van der Waals surface area contributed by atoms with Gasteiger partial charge in [0.1, 0.15) is 0 Å². The van der Waals surface area contributed by atoms with Gasteiger partial charge < -0.3 is 0 Å². The second kappa shape index (κ2) is 4.51. The lowest BCUT2D eigenvalue weighted by Gasteiger charge is -2.23. The summed E-state index contributed by atoms with van der Waals surface area (Å²) in [5.74, 6) is 0.206. The molecule has 0 saturated heterocycles. The van der Waals surface area contributed by atoms with Crippen LogP contribution in [0.3, 0.4) is 0 Å². The summed E-state index contributed by atoms with van der Waals surface area (Å²) in [4.78, 5) is 12.4. The van der Waals surface area contributed by atoms with Crippen LogP contribution in [-0.2, 0) is 10.2 Å². The lowest BCUT2D eigenvalue weighted by Crippen LogP contribution is -2.27. The molecular weight excluding hydrogens is 232 g/mol. The molecule has 0 fully saturated rings. The monoisotopic (exact) mass is 248 g/mol. The molecule has 1 heteroatoms. The van der Waals surface area contributed by atoms with E-state index in [0.29, 0.717) is 0 Å². The van der Waals surface area contributed by atoms with Gasteiger partial charge in [0.25, 0.3) is 0 Å². The van der Waals surface area contributed by atoms with Crippen molar-refractivity contribution in [2.24, 2.45) is 0 Å². The molecule has 0 aromatic heterocycles. The number of hydrogen-bond donors (Lipinski definition) is 0. The minimum Gasteiger partial charge on any atom is -0.294 e. The molecule has 0 unspecified atom stereocenters.